The average molecular weight is 549 g/mol. The molecule has 2 aromatic rings. The van der Waals surface area contributed by atoms with Crippen LogP contribution in [0.3, 0.4) is 0 Å². The van der Waals surface area contributed by atoms with Crippen LogP contribution in [-0.2, 0) is 27.3 Å². The lowest BCUT2D eigenvalue weighted by atomic mass is 9.87. The molecule has 0 bridgehead atoms. The topological polar surface area (TPSA) is 91.0 Å². The van der Waals surface area contributed by atoms with E-state index in [0.717, 1.165) is 30.4 Å². The second-order valence-electron chi connectivity index (χ2n) is 12.3. The normalized spacial score (nSPS) is 20.4. The summed E-state index contributed by atoms with van der Waals surface area (Å²) in [4.78, 5) is 44.4. The number of rotatable bonds is 7. The smallest absolute Gasteiger partial charge is 0.408 e. The third-order valence-electron chi connectivity index (χ3n) is 7.59. The number of fused-ring (bicyclic) bond motifs is 1. The molecule has 0 spiro atoms. The Hall–Kier alpha value is -3.39. The summed E-state index contributed by atoms with van der Waals surface area (Å²) >= 11 is 0. The van der Waals surface area contributed by atoms with Crippen LogP contribution in [0, 0.1) is 5.92 Å². The maximum atomic E-state index is 14.0. The van der Waals surface area contributed by atoms with Gasteiger partial charge >= 0.3 is 6.09 Å². The highest BCUT2D eigenvalue weighted by atomic mass is 16.6. The Kier molecular flexibility index (Phi) is 9.51. The summed E-state index contributed by atoms with van der Waals surface area (Å²) in [5, 5.41) is 6.06. The average Bonchev–Trinajstić information content (AvgIpc) is 2.91. The molecule has 3 amide bonds. The molecule has 0 saturated carbocycles. The Bertz CT molecular complexity index is 1180. The third kappa shape index (κ3) is 7.62. The molecule has 1 saturated heterocycles. The minimum atomic E-state index is -0.804. The van der Waals surface area contributed by atoms with Gasteiger partial charge in [0.1, 0.15) is 17.7 Å². The van der Waals surface area contributed by atoms with E-state index in [1.807, 2.05) is 44.2 Å². The van der Waals surface area contributed by atoms with Gasteiger partial charge in [-0.15, -0.1) is 0 Å². The number of piperazine rings is 1. The van der Waals surface area contributed by atoms with Crippen LogP contribution in [0.1, 0.15) is 70.2 Å². The summed E-state index contributed by atoms with van der Waals surface area (Å²) in [6, 6.07) is 16.9. The molecule has 1 aliphatic heterocycles. The molecule has 0 unspecified atom stereocenters. The standard InChI is InChI=1S/C32H44N4O4/c1-22(2)28(34-31(39)40-32(3,4)5)30(38)36-19-18-35(20-23-12-7-6-8-13-23)21-27(36)29(37)33-26-17-11-15-24-14-9-10-16-25(24)26/h6-10,12-14,16,22,26-28H,11,15,17-21H2,1-5H3,(H,33,37)(H,34,39)/t26-,27+,28+/m1/s1. The second kappa shape index (κ2) is 12.9. The van der Waals surface area contributed by atoms with Gasteiger partial charge in [-0.25, -0.2) is 4.79 Å². The predicted octanol–water partition coefficient (Wildman–Crippen LogP) is 4.44. The number of ether oxygens (including phenoxy) is 1. The first-order valence-electron chi connectivity index (χ1n) is 14.5. The van der Waals surface area contributed by atoms with E-state index < -0.39 is 23.8 Å². The number of benzene rings is 2. The van der Waals surface area contributed by atoms with Crippen LogP contribution in [0.5, 0.6) is 0 Å². The van der Waals surface area contributed by atoms with Gasteiger partial charge in [-0.3, -0.25) is 14.5 Å². The monoisotopic (exact) mass is 548 g/mol. The van der Waals surface area contributed by atoms with Gasteiger partial charge in [-0.05, 0) is 62.6 Å². The fourth-order valence-electron chi connectivity index (χ4n) is 5.61. The predicted molar refractivity (Wildman–Crippen MR) is 155 cm³/mol. The molecule has 40 heavy (non-hydrogen) atoms. The molecule has 2 aliphatic rings. The van der Waals surface area contributed by atoms with Crippen molar-refractivity contribution < 1.29 is 19.1 Å². The van der Waals surface area contributed by atoms with Crippen LogP contribution < -0.4 is 10.6 Å². The summed E-state index contributed by atoms with van der Waals surface area (Å²) < 4.78 is 5.44. The molecular weight excluding hydrogens is 504 g/mol. The van der Waals surface area contributed by atoms with Gasteiger partial charge < -0.3 is 20.3 Å². The van der Waals surface area contributed by atoms with E-state index in [1.165, 1.54) is 5.56 Å². The summed E-state index contributed by atoms with van der Waals surface area (Å²) in [6.45, 7) is 11.3. The zero-order valence-corrected chi connectivity index (χ0v) is 24.5. The van der Waals surface area contributed by atoms with Crippen molar-refractivity contribution in [1.29, 1.82) is 0 Å². The second-order valence-corrected chi connectivity index (χ2v) is 12.3. The van der Waals surface area contributed by atoms with Crippen LogP contribution in [0.4, 0.5) is 4.79 Å². The first-order chi connectivity index (χ1) is 19.0. The molecule has 1 heterocycles. The molecule has 4 rings (SSSR count). The molecule has 8 nitrogen and oxygen atoms in total. The Morgan fingerprint density at radius 1 is 1.00 bits per heavy atom. The van der Waals surface area contributed by atoms with E-state index in [2.05, 4.69) is 39.8 Å². The Morgan fingerprint density at radius 2 is 1.70 bits per heavy atom. The van der Waals surface area contributed by atoms with Gasteiger partial charge in [0.25, 0.3) is 0 Å². The van der Waals surface area contributed by atoms with E-state index in [0.29, 0.717) is 26.2 Å². The van der Waals surface area contributed by atoms with E-state index in [1.54, 1.807) is 25.7 Å². The molecule has 2 aromatic carbocycles. The summed E-state index contributed by atoms with van der Waals surface area (Å²) in [5.41, 5.74) is 2.90. The largest absolute Gasteiger partial charge is 0.444 e. The van der Waals surface area contributed by atoms with E-state index in [-0.39, 0.29) is 23.8 Å². The molecule has 216 valence electrons. The highest BCUT2D eigenvalue weighted by Crippen LogP contribution is 2.30. The molecule has 1 aliphatic carbocycles. The summed E-state index contributed by atoms with van der Waals surface area (Å²) in [5.74, 6) is -0.603. The number of nitrogens with zero attached hydrogens (tertiary/aromatic N) is 2. The van der Waals surface area contributed by atoms with Crippen molar-refractivity contribution in [3.63, 3.8) is 0 Å². The quantitative estimate of drug-likeness (QED) is 0.534. The first kappa shape index (κ1) is 29.6. The Labute approximate surface area is 238 Å². The number of hydrogen-bond acceptors (Lipinski definition) is 5. The van der Waals surface area contributed by atoms with Gasteiger partial charge in [0.05, 0.1) is 6.04 Å². The third-order valence-corrected chi connectivity index (χ3v) is 7.59. The first-order valence-corrected chi connectivity index (χ1v) is 14.5. The Balaban J connectivity index is 1.55. The lowest BCUT2D eigenvalue weighted by Gasteiger charge is -2.43. The number of amides is 3. The van der Waals surface area contributed by atoms with Crippen molar-refractivity contribution in [2.24, 2.45) is 5.92 Å². The zero-order chi connectivity index (χ0) is 28.9. The number of aryl methyl sites for hydroxylation is 1. The van der Waals surface area contributed by atoms with Crippen molar-refractivity contribution in [2.45, 2.75) is 84.2 Å². The van der Waals surface area contributed by atoms with Crippen molar-refractivity contribution in [3.05, 3.63) is 71.3 Å². The van der Waals surface area contributed by atoms with Crippen molar-refractivity contribution in [2.75, 3.05) is 19.6 Å². The minimum absolute atomic E-state index is 0.0836. The van der Waals surface area contributed by atoms with E-state index in [4.69, 9.17) is 4.74 Å². The lowest BCUT2D eigenvalue weighted by Crippen LogP contribution is -2.64. The van der Waals surface area contributed by atoms with Crippen molar-refractivity contribution in [1.82, 2.24) is 20.4 Å². The number of carbonyl (C=O) groups is 3. The lowest BCUT2D eigenvalue weighted by molar-refractivity contribution is -0.147. The molecule has 0 aromatic heterocycles. The Morgan fingerprint density at radius 3 is 2.40 bits per heavy atom. The fraction of sp³-hybridized carbons (Fsp3) is 0.531. The highest BCUT2D eigenvalue weighted by Gasteiger charge is 2.40. The molecular formula is C32H44N4O4. The molecule has 8 heteroatoms. The van der Waals surface area contributed by atoms with Crippen molar-refractivity contribution in [3.8, 4) is 0 Å². The van der Waals surface area contributed by atoms with Crippen LogP contribution in [-0.4, -0.2) is 65.0 Å². The summed E-state index contributed by atoms with van der Waals surface area (Å²) in [6.07, 6.45) is 2.24. The van der Waals surface area contributed by atoms with Crippen LogP contribution in [0.2, 0.25) is 0 Å². The van der Waals surface area contributed by atoms with Crippen LogP contribution in [0.15, 0.2) is 54.6 Å². The zero-order valence-electron chi connectivity index (χ0n) is 24.5. The number of nitrogens with one attached hydrogen (secondary N) is 2. The SMILES string of the molecule is CC(C)[C@H](NC(=O)OC(C)(C)C)C(=O)N1CCN(Cc2ccccc2)C[C@H]1C(=O)N[C@@H]1CCCc2ccccc21. The van der Waals surface area contributed by atoms with Crippen molar-refractivity contribution >= 4 is 17.9 Å². The van der Waals surface area contributed by atoms with Crippen LogP contribution >= 0.6 is 0 Å². The van der Waals surface area contributed by atoms with Gasteiger partial charge in [-0.1, -0.05) is 68.4 Å². The number of alkyl carbamates (subject to hydrolysis) is 1. The van der Waals surface area contributed by atoms with Gasteiger partial charge in [0.2, 0.25) is 11.8 Å². The highest BCUT2D eigenvalue weighted by molar-refractivity contribution is 5.92. The molecule has 1 fully saturated rings. The molecule has 3 atom stereocenters. The molecule has 0 radical (unpaired) electrons. The summed E-state index contributed by atoms with van der Waals surface area (Å²) in [7, 11) is 0. The maximum absolute atomic E-state index is 14.0. The number of hydrogen-bond donors (Lipinski definition) is 2. The van der Waals surface area contributed by atoms with Gasteiger partial charge in [0.15, 0.2) is 0 Å². The van der Waals surface area contributed by atoms with E-state index >= 15 is 0 Å². The van der Waals surface area contributed by atoms with Gasteiger partial charge in [-0.2, -0.15) is 0 Å². The minimum Gasteiger partial charge on any atom is -0.444 e. The van der Waals surface area contributed by atoms with E-state index in [9.17, 15) is 14.4 Å². The van der Waals surface area contributed by atoms with Crippen LogP contribution in [0.25, 0.3) is 0 Å². The molecule has 2 N–H and O–H groups in total. The van der Waals surface area contributed by atoms with Gasteiger partial charge in [0, 0.05) is 26.2 Å². The fourth-order valence-corrected chi connectivity index (χ4v) is 5.61. The maximum Gasteiger partial charge on any atom is 0.408 e. The number of carbonyl (C=O) groups excluding carboxylic acids is 3.